The monoisotopic (exact) mass is 493 g/mol. The van der Waals surface area contributed by atoms with E-state index in [1.807, 2.05) is 0 Å². The molecule has 0 aliphatic rings. The van der Waals surface area contributed by atoms with E-state index in [1.54, 1.807) is 0 Å². The molecule has 3 nitrogen and oxygen atoms in total. The van der Waals surface area contributed by atoms with Crippen LogP contribution in [0.5, 0.6) is 0 Å². The van der Waals surface area contributed by atoms with Gasteiger partial charge in [-0.05, 0) is 0 Å². The Morgan fingerprint density at radius 1 is 1.33 bits per heavy atom. The average molecular weight is 492 g/mol. The van der Waals surface area contributed by atoms with E-state index in [1.165, 1.54) is 0 Å². The standard InChI is InChI=1S/Bi.O3Si.Pb/c;1-4(2)3;/q+3;-2;. The third-order valence-corrected chi connectivity index (χ3v) is 0. The summed E-state index contributed by atoms with van der Waals surface area (Å²) in [5.41, 5.74) is 0. The molecule has 6 heteroatoms. The summed E-state index contributed by atoms with van der Waals surface area (Å²) in [6.07, 6.45) is 0. The summed E-state index contributed by atoms with van der Waals surface area (Å²) in [5.74, 6) is 0. The maximum Gasteiger partial charge on any atom is 3.00 e. The van der Waals surface area contributed by atoms with E-state index in [2.05, 4.69) is 0 Å². The van der Waals surface area contributed by atoms with Crippen molar-refractivity contribution in [3.63, 3.8) is 0 Å². The molecular weight excluding hydrogens is 492 g/mol. The van der Waals surface area contributed by atoms with Crippen molar-refractivity contribution >= 4 is 62.7 Å². The van der Waals surface area contributed by atoms with Crippen molar-refractivity contribution in [1.82, 2.24) is 0 Å². The van der Waals surface area contributed by atoms with Gasteiger partial charge in [-0.15, -0.1) is 0 Å². The van der Waals surface area contributed by atoms with Gasteiger partial charge in [0.15, 0.2) is 0 Å². The van der Waals surface area contributed by atoms with Crippen LogP contribution in [0.3, 0.4) is 0 Å². The second-order valence-corrected chi connectivity index (χ2v) is 0.750. The number of hydrogen-bond acceptors (Lipinski definition) is 3. The Kier molecular flexibility index (Phi) is 25.2. The molecule has 0 unspecified atom stereocenters. The molecule has 0 saturated carbocycles. The maximum atomic E-state index is 8.52. The van der Waals surface area contributed by atoms with E-state index in [-0.39, 0.29) is 53.5 Å². The van der Waals surface area contributed by atoms with Crippen LogP contribution in [-0.4, -0.2) is 62.7 Å². The van der Waals surface area contributed by atoms with Crippen LogP contribution >= 0.6 is 0 Å². The molecule has 0 aliphatic carbocycles. The molecule has 0 heterocycles. The molecular formula is BiO3PbSi+. The van der Waals surface area contributed by atoms with Crippen molar-refractivity contribution in [2.45, 2.75) is 0 Å². The predicted octanol–water partition coefficient (Wildman–Crippen LogP) is -3.64. The van der Waals surface area contributed by atoms with Gasteiger partial charge in [0.1, 0.15) is 0 Å². The van der Waals surface area contributed by atoms with Crippen LogP contribution in [0.2, 0.25) is 0 Å². The molecule has 0 rings (SSSR count). The van der Waals surface area contributed by atoms with Crippen molar-refractivity contribution in [2.24, 2.45) is 0 Å². The van der Waals surface area contributed by atoms with E-state index in [4.69, 9.17) is 14.1 Å². The van der Waals surface area contributed by atoms with Gasteiger partial charge < -0.3 is 14.1 Å². The molecule has 0 fully saturated rings. The smallest absolute Gasteiger partial charge is 0.672 e. The quantitative estimate of drug-likeness (QED) is 0.328. The van der Waals surface area contributed by atoms with Gasteiger partial charge in [0.25, 0.3) is 0 Å². The van der Waals surface area contributed by atoms with Gasteiger partial charge in [0, 0.05) is 36.5 Å². The summed E-state index contributed by atoms with van der Waals surface area (Å²) in [5, 5.41) is 0. The van der Waals surface area contributed by atoms with Crippen LogP contribution in [0.15, 0.2) is 0 Å². The van der Waals surface area contributed by atoms with Crippen molar-refractivity contribution in [2.75, 3.05) is 0 Å². The third kappa shape index (κ3) is 52.4. The predicted molar refractivity (Wildman–Crippen MR) is 17.9 cm³/mol. The van der Waals surface area contributed by atoms with Crippen LogP contribution in [-0.2, 0) is 4.46 Å². The van der Waals surface area contributed by atoms with Gasteiger partial charge in [-0.1, -0.05) is 0 Å². The van der Waals surface area contributed by atoms with Crippen LogP contribution in [0.1, 0.15) is 0 Å². The Labute approximate surface area is 75.9 Å². The first-order chi connectivity index (χ1) is 1.73. The first kappa shape index (κ1) is 15.7. The first-order valence-corrected chi connectivity index (χ1v) is 1.84. The molecule has 30 valence electrons. The summed E-state index contributed by atoms with van der Waals surface area (Å²) in [6, 6.07) is 0. The molecule has 0 bridgehead atoms. The molecule has 0 atom stereocenters. The summed E-state index contributed by atoms with van der Waals surface area (Å²) < 4.78 is 8.52. The molecule has 0 spiro atoms. The zero-order valence-electron chi connectivity index (χ0n) is 2.67. The van der Waals surface area contributed by atoms with E-state index in [0.717, 1.165) is 0 Å². The zero-order valence-corrected chi connectivity index (χ0v) is 11.0. The summed E-state index contributed by atoms with van der Waals surface area (Å²) in [4.78, 5) is 17.0. The van der Waals surface area contributed by atoms with Crippen molar-refractivity contribution in [3.8, 4) is 0 Å². The Morgan fingerprint density at radius 2 is 1.33 bits per heavy atom. The number of hydrogen-bond donors (Lipinski definition) is 0. The van der Waals surface area contributed by atoms with Crippen LogP contribution in [0.4, 0.5) is 0 Å². The molecule has 6 radical (unpaired) electrons. The van der Waals surface area contributed by atoms with E-state index in [9.17, 15) is 0 Å². The van der Waals surface area contributed by atoms with Crippen molar-refractivity contribution < 1.29 is 14.1 Å². The van der Waals surface area contributed by atoms with Crippen LogP contribution in [0, 0.1) is 0 Å². The van der Waals surface area contributed by atoms with E-state index >= 15 is 0 Å². The summed E-state index contributed by atoms with van der Waals surface area (Å²) in [6.45, 7) is 0. The molecule has 0 amide bonds. The first-order valence-electron chi connectivity index (χ1n) is 0.612. The molecule has 0 aliphatic heterocycles. The van der Waals surface area contributed by atoms with Gasteiger partial charge in [0.05, 0.1) is 0 Å². The minimum atomic E-state index is -3.63. The van der Waals surface area contributed by atoms with Gasteiger partial charge in [-0.2, -0.15) is 0 Å². The van der Waals surface area contributed by atoms with Gasteiger partial charge in [-0.3, -0.25) is 0 Å². The second kappa shape index (κ2) is 9.66. The SMILES string of the molecule is O=[Si]([O-])[O-].[Bi+3].[Pb]. The van der Waals surface area contributed by atoms with Gasteiger partial charge in [-0.25, -0.2) is 0 Å². The second-order valence-electron chi connectivity index (χ2n) is 0.250. The fraction of sp³-hybridized carbons (Fsp3) is 0. The minimum Gasteiger partial charge on any atom is -0.672 e. The van der Waals surface area contributed by atoms with Crippen LogP contribution in [0.25, 0.3) is 0 Å². The normalized spacial score (nSPS) is 4.00. The molecule has 0 saturated heterocycles. The molecule has 0 aromatic heterocycles. The fourth-order valence-electron chi connectivity index (χ4n) is 0. The van der Waals surface area contributed by atoms with E-state index < -0.39 is 9.17 Å². The van der Waals surface area contributed by atoms with Gasteiger partial charge >= 0.3 is 26.2 Å². The zero-order chi connectivity index (χ0) is 3.58. The molecule has 6 heavy (non-hydrogen) atoms. The maximum absolute atomic E-state index is 8.52. The Balaban J connectivity index is -0.0000000450. The molecule has 0 N–H and O–H groups in total. The Bertz CT molecular complexity index is 33.8. The number of rotatable bonds is 0. The Hall–Kier alpha value is 1.42. The van der Waals surface area contributed by atoms with Gasteiger partial charge in [0.2, 0.25) is 0 Å². The largest absolute Gasteiger partial charge is 3.00 e. The average Bonchev–Trinajstić information content (AvgIpc) is 0.811. The van der Waals surface area contributed by atoms with Crippen LogP contribution < -0.4 is 9.59 Å². The topological polar surface area (TPSA) is 63.2 Å². The minimum absolute atomic E-state index is 0. The van der Waals surface area contributed by atoms with E-state index in [0.29, 0.717) is 0 Å². The van der Waals surface area contributed by atoms with Crippen molar-refractivity contribution in [1.29, 1.82) is 0 Å². The summed E-state index contributed by atoms with van der Waals surface area (Å²) >= 11 is 0. The fourth-order valence-corrected chi connectivity index (χ4v) is 0. The Morgan fingerprint density at radius 3 is 1.33 bits per heavy atom. The molecule has 0 aromatic rings. The molecule has 0 aromatic carbocycles. The summed E-state index contributed by atoms with van der Waals surface area (Å²) in [7, 11) is -3.63. The third-order valence-electron chi connectivity index (χ3n) is 0. The van der Waals surface area contributed by atoms with Crippen molar-refractivity contribution in [3.05, 3.63) is 0 Å².